The maximum atomic E-state index is 13.1. The largest absolute Gasteiger partial charge is 0.354 e. The Morgan fingerprint density at radius 1 is 1.18 bits per heavy atom. The standard InChI is InChI=1S/C22H24N6O4S/c1-15(2)21-18(13-25-28(21)19-8-3-4-9-23-19)22(30)26-16-6-5-7-17(12-16)33(31,32)27-11-10-24-20(29)14-27/h3-9,12-13,15H,10-11,14H2,1-2H3,(H,24,29)(H,26,30). The number of nitrogens with one attached hydrogen (secondary N) is 2. The van der Waals surface area contributed by atoms with Gasteiger partial charge in [0.2, 0.25) is 15.9 Å². The first-order chi connectivity index (χ1) is 15.8. The highest BCUT2D eigenvalue weighted by Crippen LogP contribution is 2.25. The summed E-state index contributed by atoms with van der Waals surface area (Å²) in [5.74, 6) is -0.181. The van der Waals surface area contributed by atoms with Crippen molar-refractivity contribution in [3.63, 3.8) is 0 Å². The van der Waals surface area contributed by atoms with E-state index < -0.39 is 15.9 Å². The molecule has 172 valence electrons. The first-order valence-electron chi connectivity index (χ1n) is 10.4. The van der Waals surface area contributed by atoms with Gasteiger partial charge in [-0.1, -0.05) is 26.0 Å². The lowest BCUT2D eigenvalue weighted by atomic mass is 10.1. The smallest absolute Gasteiger partial charge is 0.259 e. The van der Waals surface area contributed by atoms with Crippen LogP contribution in [0.1, 0.15) is 35.8 Å². The molecule has 11 heteroatoms. The summed E-state index contributed by atoms with van der Waals surface area (Å²) in [6.45, 7) is 4.12. The summed E-state index contributed by atoms with van der Waals surface area (Å²) in [6, 6.07) is 11.4. The van der Waals surface area contributed by atoms with Crippen LogP contribution in [-0.2, 0) is 14.8 Å². The topological polar surface area (TPSA) is 126 Å². The van der Waals surface area contributed by atoms with Crippen molar-refractivity contribution in [2.45, 2.75) is 24.7 Å². The van der Waals surface area contributed by atoms with Crippen LogP contribution in [0, 0.1) is 0 Å². The quantitative estimate of drug-likeness (QED) is 0.568. The second kappa shape index (κ2) is 9.12. The van der Waals surface area contributed by atoms with Crippen molar-refractivity contribution in [2.75, 3.05) is 25.0 Å². The molecule has 0 saturated carbocycles. The fraction of sp³-hybridized carbons (Fsp3) is 0.273. The van der Waals surface area contributed by atoms with Crippen LogP contribution in [-0.4, -0.2) is 58.9 Å². The summed E-state index contributed by atoms with van der Waals surface area (Å²) >= 11 is 0. The molecule has 0 bridgehead atoms. The summed E-state index contributed by atoms with van der Waals surface area (Å²) in [5, 5.41) is 9.72. The predicted octanol–water partition coefficient (Wildman–Crippen LogP) is 1.76. The van der Waals surface area contributed by atoms with Crippen molar-refractivity contribution >= 4 is 27.5 Å². The number of hydrogen-bond donors (Lipinski definition) is 2. The SMILES string of the molecule is CC(C)c1c(C(=O)Nc2cccc(S(=O)(=O)N3CCNC(=O)C3)c2)cnn1-c1ccccn1. The molecule has 33 heavy (non-hydrogen) atoms. The number of nitrogens with zero attached hydrogens (tertiary/aromatic N) is 4. The lowest BCUT2D eigenvalue weighted by Gasteiger charge is -2.26. The molecule has 2 aromatic heterocycles. The number of hydrogen-bond acceptors (Lipinski definition) is 6. The van der Waals surface area contributed by atoms with Gasteiger partial charge in [-0.25, -0.2) is 18.1 Å². The lowest BCUT2D eigenvalue weighted by Crippen LogP contribution is -2.49. The maximum absolute atomic E-state index is 13.1. The van der Waals surface area contributed by atoms with Crippen molar-refractivity contribution in [2.24, 2.45) is 0 Å². The summed E-state index contributed by atoms with van der Waals surface area (Å²) in [6.07, 6.45) is 3.13. The Bertz CT molecular complexity index is 1290. The van der Waals surface area contributed by atoms with Gasteiger partial charge in [-0.15, -0.1) is 0 Å². The third kappa shape index (κ3) is 4.64. The average Bonchev–Trinajstić information content (AvgIpc) is 3.26. The van der Waals surface area contributed by atoms with Crippen LogP contribution >= 0.6 is 0 Å². The van der Waals surface area contributed by atoms with Gasteiger partial charge in [0.05, 0.1) is 28.9 Å². The molecular weight excluding hydrogens is 444 g/mol. The molecule has 0 unspecified atom stereocenters. The van der Waals surface area contributed by atoms with Crippen molar-refractivity contribution in [1.29, 1.82) is 0 Å². The second-order valence-corrected chi connectivity index (χ2v) is 9.81. The van der Waals surface area contributed by atoms with E-state index in [2.05, 4.69) is 20.7 Å². The number of carbonyl (C=O) groups is 2. The van der Waals surface area contributed by atoms with Gasteiger partial charge in [0, 0.05) is 25.0 Å². The van der Waals surface area contributed by atoms with E-state index in [0.29, 0.717) is 22.8 Å². The molecule has 1 aliphatic rings. The molecule has 2 amide bonds. The number of amides is 2. The summed E-state index contributed by atoms with van der Waals surface area (Å²) < 4.78 is 28.7. The number of sulfonamides is 1. The number of aromatic nitrogens is 3. The Kier molecular flexibility index (Phi) is 6.25. The van der Waals surface area contributed by atoms with Gasteiger partial charge in [-0.05, 0) is 36.2 Å². The molecule has 1 fully saturated rings. The van der Waals surface area contributed by atoms with Crippen LogP contribution < -0.4 is 10.6 Å². The number of pyridine rings is 1. The van der Waals surface area contributed by atoms with Gasteiger partial charge < -0.3 is 10.6 Å². The van der Waals surface area contributed by atoms with E-state index in [1.807, 2.05) is 19.9 Å². The van der Waals surface area contributed by atoms with Gasteiger partial charge in [0.25, 0.3) is 5.91 Å². The van der Waals surface area contributed by atoms with Crippen molar-refractivity contribution in [3.05, 3.63) is 66.1 Å². The van der Waals surface area contributed by atoms with Crippen molar-refractivity contribution in [3.8, 4) is 5.82 Å². The molecule has 0 spiro atoms. The number of benzene rings is 1. The van der Waals surface area contributed by atoms with Gasteiger partial charge in [-0.3, -0.25) is 9.59 Å². The van der Waals surface area contributed by atoms with Crippen LogP contribution in [0.4, 0.5) is 5.69 Å². The minimum atomic E-state index is -3.87. The minimum Gasteiger partial charge on any atom is -0.354 e. The second-order valence-electron chi connectivity index (χ2n) is 7.87. The molecule has 2 N–H and O–H groups in total. The number of rotatable bonds is 6. The van der Waals surface area contributed by atoms with Gasteiger partial charge >= 0.3 is 0 Å². The maximum Gasteiger partial charge on any atom is 0.259 e. The molecular formula is C22H24N6O4S. The van der Waals surface area contributed by atoms with Crippen LogP contribution in [0.15, 0.2) is 59.8 Å². The first-order valence-corrected chi connectivity index (χ1v) is 11.9. The van der Waals surface area contributed by atoms with Crippen LogP contribution in [0.25, 0.3) is 5.82 Å². The number of carbonyl (C=O) groups excluding carboxylic acids is 2. The zero-order valence-corrected chi connectivity index (χ0v) is 19.0. The monoisotopic (exact) mass is 468 g/mol. The average molecular weight is 469 g/mol. The van der Waals surface area contributed by atoms with Gasteiger partial charge in [0.1, 0.15) is 0 Å². The minimum absolute atomic E-state index is 0.00302. The van der Waals surface area contributed by atoms with Crippen molar-refractivity contribution < 1.29 is 18.0 Å². The molecule has 1 aromatic carbocycles. The van der Waals surface area contributed by atoms with E-state index in [1.165, 1.54) is 18.3 Å². The van der Waals surface area contributed by atoms with E-state index in [0.717, 1.165) is 4.31 Å². The van der Waals surface area contributed by atoms with Gasteiger partial charge in [-0.2, -0.15) is 9.40 Å². The third-order valence-corrected chi connectivity index (χ3v) is 7.04. The van der Waals surface area contributed by atoms with Crippen molar-refractivity contribution in [1.82, 2.24) is 24.4 Å². The molecule has 1 aliphatic heterocycles. The molecule has 4 rings (SSSR count). The fourth-order valence-electron chi connectivity index (χ4n) is 3.65. The van der Waals surface area contributed by atoms with Crippen LogP contribution in [0.2, 0.25) is 0 Å². The Morgan fingerprint density at radius 3 is 2.70 bits per heavy atom. The molecule has 3 heterocycles. The Labute approximate surface area is 191 Å². The van der Waals surface area contributed by atoms with E-state index in [9.17, 15) is 18.0 Å². The summed E-state index contributed by atoms with van der Waals surface area (Å²) in [4.78, 5) is 29.0. The highest BCUT2D eigenvalue weighted by molar-refractivity contribution is 7.89. The Hall–Kier alpha value is -3.57. The molecule has 3 aromatic rings. The van der Waals surface area contributed by atoms with Crippen LogP contribution in [0.3, 0.4) is 0 Å². The molecule has 0 radical (unpaired) electrons. The highest BCUT2D eigenvalue weighted by atomic mass is 32.2. The normalized spacial score (nSPS) is 14.8. The number of piperazine rings is 1. The highest BCUT2D eigenvalue weighted by Gasteiger charge is 2.29. The van der Waals surface area contributed by atoms with E-state index in [-0.39, 0.29) is 36.4 Å². The number of anilines is 1. The first kappa shape index (κ1) is 22.6. The Balaban J connectivity index is 1.60. The predicted molar refractivity (Wildman–Crippen MR) is 122 cm³/mol. The van der Waals surface area contributed by atoms with E-state index in [4.69, 9.17) is 0 Å². The molecule has 1 saturated heterocycles. The third-order valence-electron chi connectivity index (χ3n) is 5.20. The van der Waals surface area contributed by atoms with E-state index in [1.54, 1.807) is 35.1 Å². The van der Waals surface area contributed by atoms with Gasteiger partial charge in [0.15, 0.2) is 5.82 Å². The zero-order valence-electron chi connectivity index (χ0n) is 18.2. The Morgan fingerprint density at radius 2 is 2.00 bits per heavy atom. The summed E-state index contributed by atoms with van der Waals surface area (Å²) in [7, 11) is -3.87. The molecule has 0 aliphatic carbocycles. The zero-order chi connectivity index (χ0) is 23.6. The summed E-state index contributed by atoms with van der Waals surface area (Å²) in [5.41, 5.74) is 1.38. The lowest BCUT2D eigenvalue weighted by molar-refractivity contribution is -0.122. The molecule has 0 atom stereocenters. The fourth-order valence-corrected chi connectivity index (χ4v) is 5.10. The van der Waals surface area contributed by atoms with E-state index >= 15 is 0 Å². The molecule has 10 nitrogen and oxygen atoms in total. The van der Waals surface area contributed by atoms with Crippen LogP contribution in [0.5, 0.6) is 0 Å².